The van der Waals surface area contributed by atoms with Gasteiger partial charge < -0.3 is 10.3 Å². The van der Waals surface area contributed by atoms with Crippen molar-refractivity contribution in [2.45, 2.75) is 25.8 Å². The Kier molecular flexibility index (Phi) is 4.81. The Morgan fingerprint density at radius 1 is 1.42 bits per heavy atom. The molecule has 2 heterocycles. The number of carbonyl (C=O) groups excluding carboxylic acids is 2. The van der Waals surface area contributed by atoms with Crippen molar-refractivity contribution in [3.05, 3.63) is 18.2 Å². The first kappa shape index (κ1) is 13.9. The Labute approximate surface area is 112 Å². The number of Topliss-reactive ketones (excluding diaryl/α,β-unsaturated/α-hetero) is 2. The zero-order chi connectivity index (χ0) is 13.7. The number of aromatic nitrogens is 2. The highest BCUT2D eigenvalue weighted by atomic mass is 16.1. The van der Waals surface area contributed by atoms with Crippen LogP contribution in [0.15, 0.2) is 12.4 Å². The third kappa shape index (κ3) is 3.48. The van der Waals surface area contributed by atoms with Gasteiger partial charge in [-0.25, -0.2) is 4.98 Å². The highest BCUT2D eigenvalue weighted by molar-refractivity contribution is 5.99. The van der Waals surface area contributed by atoms with Crippen LogP contribution in [0.5, 0.6) is 0 Å². The van der Waals surface area contributed by atoms with E-state index in [9.17, 15) is 9.59 Å². The van der Waals surface area contributed by atoms with Gasteiger partial charge in [-0.05, 0) is 0 Å². The van der Waals surface area contributed by atoms with Gasteiger partial charge in [0.05, 0.1) is 6.04 Å². The number of nitrogens with one attached hydrogen (secondary N) is 2. The van der Waals surface area contributed by atoms with E-state index in [1.54, 1.807) is 12.4 Å². The highest BCUT2D eigenvalue weighted by Crippen LogP contribution is 2.12. The minimum Gasteiger partial charge on any atom is -0.342 e. The Hall–Kier alpha value is -1.53. The van der Waals surface area contributed by atoms with Crippen LogP contribution in [0.2, 0.25) is 0 Å². The maximum Gasteiger partial charge on any atom is 0.215 e. The molecule has 0 spiro atoms. The molecule has 1 aromatic heterocycles. The molecule has 19 heavy (non-hydrogen) atoms. The third-order valence-corrected chi connectivity index (χ3v) is 3.44. The number of H-pyrrole nitrogens is 1. The largest absolute Gasteiger partial charge is 0.342 e. The quantitative estimate of drug-likeness (QED) is 0.719. The molecule has 2 N–H and O–H groups in total. The van der Waals surface area contributed by atoms with Gasteiger partial charge in [-0.3, -0.25) is 14.5 Å². The fourth-order valence-electron chi connectivity index (χ4n) is 2.30. The van der Waals surface area contributed by atoms with Gasteiger partial charge in [-0.15, -0.1) is 0 Å². The summed E-state index contributed by atoms with van der Waals surface area (Å²) in [5.41, 5.74) is 0. The first-order chi connectivity index (χ1) is 9.22. The Morgan fingerprint density at radius 2 is 2.16 bits per heavy atom. The standard InChI is InChI=1S/C13H20N4O2/c1-2-10(18)9-11(17-7-5-14-6-8-17)12(19)13-15-3-4-16-13/h3-4,11,14H,2,5-9H2,1H3,(H,15,16). The minimum atomic E-state index is -0.388. The van der Waals surface area contributed by atoms with E-state index in [1.807, 2.05) is 6.92 Å². The molecule has 1 atom stereocenters. The molecule has 0 amide bonds. The number of carbonyl (C=O) groups is 2. The molecule has 0 bridgehead atoms. The van der Waals surface area contributed by atoms with Gasteiger partial charge in [-0.1, -0.05) is 6.92 Å². The maximum absolute atomic E-state index is 12.4. The Morgan fingerprint density at radius 3 is 2.74 bits per heavy atom. The zero-order valence-electron chi connectivity index (χ0n) is 11.2. The van der Waals surface area contributed by atoms with Gasteiger partial charge in [0.1, 0.15) is 5.78 Å². The molecule has 1 saturated heterocycles. The number of hydrogen-bond donors (Lipinski definition) is 2. The number of ketones is 2. The minimum absolute atomic E-state index is 0.0892. The van der Waals surface area contributed by atoms with Crippen LogP contribution in [-0.2, 0) is 4.79 Å². The van der Waals surface area contributed by atoms with E-state index < -0.39 is 0 Å². The number of aromatic amines is 1. The summed E-state index contributed by atoms with van der Waals surface area (Å²) < 4.78 is 0. The Bertz CT molecular complexity index is 424. The van der Waals surface area contributed by atoms with Crippen molar-refractivity contribution in [1.29, 1.82) is 0 Å². The lowest BCUT2D eigenvalue weighted by Gasteiger charge is -2.33. The summed E-state index contributed by atoms with van der Waals surface area (Å²) in [4.78, 5) is 33.1. The lowest BCUT2D eigenvalue weighted by molar-refractivity contribution is -0.119. The van der Waals surface area contributed by atoms with Crippen LogP contribution in [0.3, 0.4) is 0 Å². The van der Waals surface area contributed by atoms with Crippen LogP contribution in [-0.4, -0.2) is 58.7 Å². The van der Waals surface area contributed by atoms with Crippen LogP contribution in [0.25, 0.3) is 0 Å². The monoisotopic (exact) mass is 264 g/mol. The van der Waals surface area contributed by atoms with Crippen LogP contribution in [0.4, 0.5) is 0 Å². The first-order valence-corrected chi connectivity index (χ1v) is 6.72. The van der Waals surface area contributed by atoms with E-state index in [1.165, 1.54) is 0 Å². The van der Waals surface area contributed by atoms with Crippen LogP contribution >= 0.6 is 0 Å². The van der Waals surface area contributed by atoms with Gasteiger partial charge in [0.15, 0.2) is 5.82 Å². The lowest BCUT2D eigenvalue weighted by atomic mass is 10.0. The molecule has 1 aliphatic rings. The van der Waals surface area contributed by atoms with E-state index in [4.69, 9.17) is 0 Å². The highest BCUT2D eigenvalue weighted by Gasteiger charge is 2.30. The summed E-state index contributed by atoms with van der Waals surface area (Å²) in [6, 6.07) is -0.388. The summed E-state index contributed by atoms with van der Waals surface area (Å²) in [6.07, 6.45) is 3.93. The maximum atomic E-state index is 12.4. The van der Waals surface area contributed by atoms with Crippen LogP contribution in [0, 0.1) is 0 Å². The van der Waals surface area contributed by atoms with Gasteiger partial charge in [0.25, 0.3) is 0 Å². The van der Waals surface area contributed by atoms with E-state index in [2.05, 4.69) is 20.2 Å². The van der Waals surface area contributed by atoms with E-state index in [0.717, 1.165) is 26.2 Å². The van der Waals surface area contributed by atoms with Crippen molar-refractivity contribution >= 4 is 11.6 Å². The van der Waals surface area contributed by atoms with Gasteiger partial charge in [-0.2, -0.15) is 0 Å². The average molecular weight is 264 g/mol. The summed E-state index contributed by atoms with van der Waals surface area (Å²) in [6.45, 7) is 5.10. The molecule has 2 rings (SSSR count). The van der Waals surface area contributed by atoms with Gasteiger partial charge in [0.2, 0.25) is 5.78 Å². The van der Waals surface area contributed by atoms with Crippen molar-refractivity contribution in [2.75, 3.05) is 26.2 Å². The predicted octanol–water partition coefficient (Wildman–Crippen LogP) is 0.235. The molecule has 104 valence electrons. The SMILES string of the molecule is CCC(=O)CC(C(=O)c1ncc[nH]1)N1CCNCC1. The van der Waals surface area contributed by atoms with Crippen LogP contribution < -0.4 is 5.32 Å². The number of hydrogen-bond acceptors (Lipinski definition) is 5. The van der Waals surface area contributed by atoms with Crippen LogP contribution in [0.1, 0.15) is 30.4 Å². The second-order valence-electron chi connectivity index (χ2n) is 4.70. The van der Waals surface area contributed by atoms with Crippen molar-refractivity contribution in [3.63, 3.8) is 0 Å². The Balaban J connectivity index is 2.13. The molecule has 1 aliphatic heterocycles. The van der Waals surface area contributed by atoms with E-state index in [0.29, 0.717) is 12.2 Å². The predicted molar refractivity (Wildman–Crippen MR) is 71.1 cm³/mol. The fourth-order valence-corrected chi connectivity index (χ4v) is 2.30. The number of rotatable bonds is 6. The van der Waals surface area contributed by atoms with Crippen molar-refractivity contribution in [1.82, 2.24) is 20.2 Å². The van der Waals surface area contributed by atoms with E-state index in [-0.39, 0.29) is 24.0 Å². The summed E-state index contributed by atoms with van der Waals surface area (Å²) in [7, 11) is 0. The van der Waals surface area contributed by atoms with Crippen molar-refractivity contribution in [2.24, 2.45) is 0 Å². The molecule has 1 fully saturated rings. The molecule has 0 radical (unpaired) electrons. The molecule has 1 aromatic rings. The second-order valence-corrected chi connectivity index (χ2v) is 4.70. The molecular weight excluding hydrogens is 244 g/mol. The lowest BCUT2D eigenvalue weighted by Crippen LogP contribution is -2.52. The second kappa shape index (κ2) is 6.58. The molecular formula is C13H20N4O2. The zero-order valence-corrected chi connectivity index (χ0v) is 11.2. The normalized spacial score (nSPS) is 18.2. The van der Waals surface area contributed by atoms with Gasteiger partial charge >= 0.3 is 0 Å². The number of nitrogens with zero attached hydrogens (tertiary/aromatic N) is 2. The number of imidazole rings is 1. The third-order valence-electron chi connectivity index (χ3n) is 3.44. The smallest absolute Gasteiger partial charge is 0.215 e. The first-order valence-electron chi connectivity index (χ1n) is 6.72. The summed E-state index contributed by atoms with van der Waals surface area (Å²) >= 11 is 0. The molecule has 0 aromatic carbocycles. The average Bonchev–Trinajstić information content (AvgIpc) is 2.99. The number of piperazine rings is 1. The summed E-state index contributed by atoms with van der Waals surface area (Å²) in [5, 5.41) is 3.25. The topological polar surface area (TPSA) is 78.1 Å². The van der Waals surface area contributed by atoms with Crippen molar-refractivity contribution in [3.8, 4) is 0 Å². The molecule has 0 aliphatic carbocycles. The van der Waals surface area contributed by atoms with Gasteiger partial charge in [0, 0.05) is 51.4 Å². The summed E-state index contributed by atoms with van der Waals surface area (Å²) in [5.74, 6) is 0.365. The molecule has 1 unspecified atom stereocenters. The van der Waals surface area contributed by atoms with E-state index >= 15 is 0 Å². The molecule has 0 saturated carbocycles. The fraction of sp³-hybridized carbons (Fsp3) is 0.615. The molecule has 6 nitrogen and oxygen atoms in total. The van der Waals surface area contributed by atoms with Crippen molar-refractivity contribution < 1.29 is 9.59 Å². The molecule has 6 heteroatoms.